The lowest BCUT2D eigenvalue weighted by atomic mass is 9.91. The van der Waals surface area contributed by atoms with Crippen molar-refractivity contribution in [3.05, 3.63) is 40.6 Å². The Hall–Kier alpha value is -3.87. The van der Waals surface area contributed by atoms with Gasteiger partial charge in [-0.15, -0.1) is 0 Å². The minimum atomic E-state index is -1.26. The first kappa shape index (κ1) is 30.7. The highest BCUT2D eigenvalue weighted by Gasteiger charge is 2.33. The fraction of sp³-hybridized carbons (Fsp3) is 0.444. The Morgan fingerprint density at radius 3 is 2.60 bits per heavy atom. The molecule has 3 amide bonds. The number of amides is 3. The molecular weight excluding hydrogens is 584 g/mol. The van der Waals surface area contributed by atoms with Crippen molar-refractivity contribution in [1.82, 2.24) is 15.3 Å². The van der Waals surface area contributed by atoms with Crippen LogP contribution in [0.4, 0.5) is 17.3 Å². The molecule has 2 aromatic rings. The summed E-state index contributed by atoms with van der Waals surface area (Å²) in [5.41, 5.74) is 5.98. The standard InChI is InChI=1S/C27H33BrN6O6/c1-27(2,24(29)38)25(39)30-13-4-3-8-19-18(28)15-31-26(34-19)33-17-7-5-6-16(14-17)32-22(36)11-9-20(35)21-10-12-23(37)40-21/h5-7,14-15,21H,3-4,8-13H2,1-2H3,(H2,29,38)(H,30,39)(H,32,36)(H,31,33,34)/t21-/m1/s1. The average molecular weight is 618 g/mol. The summed E-state index contributed by atoms with van der Waals surface area (Å²) in [6.07, 6.45) is 3.51. The van der Waals surface area contributed by atoms with Crippen LogP contribution in [0, 0.1) is 5.41 Å². The number of nitrogens with zero attached hydrogens (tertiary/aromatic N) is 2. The van der Waals surface area contributed by atoms with Crippen LogP contribution in [0.5, 0.6) is 0 Å². The number of carbonyl (C=O) groups excluding carboxylic acids is 5. The highest BCUT2D eigenvalue weighted by atomic mass is 79.9. The number of rotatable bonds is 14. The van der Waals surface area contributed by atoms with E-state index in [9.17, 15) is 24.0 Å². The van der Waals surface area contributed by atoms with Gasteiger partial charge in [-0.05, 0) is 67.2 Å². The third-order valence-corrected chi connectivity index (χ3v) is 7.03. The second-order valence-electron chi connectivity index (χ2n) is 9.93. The van der Waals surface area contributed by atoms with E-state index in [1.807, 2.05) is 0 Å². The van der Waals surface area contributed by atoms with Crippen LogP contribution >= 0.6 is 15.9 Å². The van der Waals surface area contributed by atoms with Gasteiger partial charge in [0.2, 0.25) is 23.7 Å². The quantitative estimate of drug-likeness (QED) is 0.141. The number of primary amides is 1. The monoisotopic (exact) mass is 616 g/mol. The SMILES string of the molecule is CC(C)(C(N)=O)C(=O)NCCCCc1nc(Nc2cccc(NC(=O)CCC(=O)[C@H]3CCC(=O)O3)c2)ncc1Br. The van der Waals surface area contributed by atoms with E-state index in [2.05, 4.69) is 41.8 Å². The van der Waals surface area contributed by atoms with E-state index in [1.165, 1.54) is 13.8 Å². The van der Waals surface area contributed by atoms with Gasteiger partial charge in [0.15, 0.2) is 11.9 Å². The highest BCUT2D eigenvalue weighted by Crippen LogP contribution is 2.22. The van der Waals surface area contributed by atoms with Crippen molar-refractivity contribution in [1.29, 1.82) is 0 Å². The first-order valence-electron chi connectivity index (χ1n) is 12.9. The maximum absolute atomic E-state index is 12.3. The predicted molar refractivity (Wildman–Crippen MR) is 150 cm³/mol. The van der Waals surface area contributed by atoms with Crippen LogP contribution in [0.15, 0.2) is 34.9 Å². The minimum Gasteiger partial charge on any atom is -0.454 e. The number of hydrogen-bond acceptors (Lipinski definition) is 9. The molecule has 1 saturated heterocycles. The van der Waals surface area contributed by atoms with Gasteiger partial charge in [-0.2, -0.15) is 0 Å². The number of anilines is 3. The number of unbranched alkanes of at least 4 members (excludes halogenated alkanes) is 1. The molecule has 214 valence electrons. The molecular formula is C27H33BrN6O6. The van der Waals surface area contributed by atoms with E-state index in [-0.39, 0.29) is 36.9 Å². The smallest absolute Gasteiger partial charge is 0.306 e. The Labute approximate surface area is 240 Å². The van der Waals surface area contributed by atoms with Gasteiger partial charge in [0.05, 0.1) is 10.2 Å². The zero-order chi connectivity index (χ0) is 29.3. The van der Waals surface area contributed by atoms with Gasteiger partial charge in [0.1, 0.15) is 5.41 Å². The van der Waals surface area contributed by atoms with Gasteiger partial charge in [0, 0.05) is 49.8 Å². The lowest BCUT2D eigenvalue weighted by Gasteiger charge is -2.19. The molecule has 1 aliphatic rings. The maximum atomic E-state index is 12.3. The molecule has 0 spiro atoms. The van der Waals surface area contributed by atoms with E-state index in [0.717, 1.165) is 16.6 Å². The molecule has 1 fully saturated rings. The third-order valence-electron chi connectivity index (χ3n) is 6.37. The second-order valence-corrected chi connectivity index (χ2v) is 10.8. The zero-order valence-electron chi connectivity index (χ0n) is 22.4. The summed E-state index contributed by atoms with van der Waals surface area (Å²) in [6.45, 7) is 3.38. The number of nitrogens with one attached hydrogen (secondary N) is 3. The number of benzene rings is 1. The van der Waals surface area contributed by atoms with E-state index >= 15 is 0 Å². The summed E-state index contributed by atoms with van der Waals surface area (Å²) in [5, 5.41) is 8.62. The number of esters is 1. The summed E-state index contributed by atoms with van der Waals surface area (Å²) in [5.74, 6) is -1.68. The molecule has 1 atom stereocenters. The van der Waals surface area contributed by atoms with Crippen molar-refractivity contribution < 1.29 is 28.7 Å². The maximum Gasteiger partial charge on any atom is 0.306 e. The van der Waals surface area contributed by atoms with Gasteiger partial charge in [-0.1, -0.05) is 6.07 Å². The lowest BCUT2D eigenvalue weighted by molar-refractivity contribution is -0.147. The molecule has 0 bridgehead atoms. The summed E-state index contributed by atoms with van der Waals surface area (Å²) in [7, 11) is 0. The van der Waals surface area contributed by atoms with Crippen molar-refractivity contribution in [3.8, 4) is 0 Å². The molecule has 0 unspecified atom stereocenters. The molecule has 12 nitrogen and oxygen atoms in total. The molecule has 1 aromatic carbocycles. The van der Waals surface area contributed by atoms with Gasteiger partial charge in [-0.25, -0.2) is 9.97 Å². The summed E-state index contributed by atoms with van der Waals surface area (Å²) in [4.78, 5) is 68.0. The lowest BCUT2D eigenvalue weighted by Crippen LogP contribution is -2.45. The van der Waals surface area contributed by atoms with E-state index in [1.54, 1.807) is 30.5 Å². The van der Waals surface area contributed by atoms with Crippen LogP contribution < -0.4 is 21.7 Å². The van der Waals surface area contributed by atoms with Crippen molar-refractivity contribution in [2.24, 2.45) is 11.1 Å². The Bertz CT molecular complexity index is 1280. The first-order valence-corrected chi connectivity index (χ1v) is 13.7. The highest BCUT2D eigenvalue weighted by molar-refractivity contribution is 9.10. The minimum absolute atomic E-state index is 0.00500. The molecule has 0 aliphatic carbocycles. The first-order chi connectivity index (χ1) is 19.0. The number of hydrogen-bond donors (Lipinski definition) is 4. The molecule has 5 N–H and O–H groups in total. The molecule has 0 radical (unpaired) electrons. The molecule has 13 heteroatoms. The summed E-state index contributed by atoms with van der Waals surface area (Å²) >= 11 is 3.47. The molecule has 1 aliphatic heterocycles. The number of aryl methyl sites for hydroxylation is 1. The fourth-order valence-corrected chi connectivity index (χ4v) is 4.16. The Morgan fingerprint density at radius 2 is 1.90 bits per heavy atom. The number of Topliss-reactive ketones (excluding diaryl/α,β-unsaturated/α-hetero) is 1. The van der Waals surface area contributed by atoms with Crippen LogP contribution in [0.2, 0.25) is 0 Å². The van der Waals surface area contributed by atoms with E-state index in [0.29, 0.717) is 43.1 Å². The van der Waals surface area contributed by atoms with Crippen molar-refractivity contribution in [3.63, 3.8) is 0 Å². The topological polar surface area (TPSA) is 182 Å². The van der Waals surface area contributed by atoms with Gasteiger partial charge < -0.3 is 26.4 Å². The van der Waals surface area contributed by atoms with Crippen LogP contribution in [0.3, 0.4) is 0 Å². The van der Waals surface area contributed by atoms with Crippen molar-refractivity contribution in [2.75, 3.05) is 17.2 Å². The fourth-order valence-electron chi connectivity index (χ4n) is 3.77. The summed E-state index contributed by atoms with van der Waals surface area (Å²) < 4.78 is 5.70. The summed E-state index contributed by atoms with van der Waals surface area (Å²) in [6, 6.07) is 7.00. The van der Waals surface area contributed by atoms with Gasteiger partial charge >= 0.3 is 5.97 Å². The molecule has 2 heterocycles. The number of nitrogens with two attached hydrogens (primary N) is 1. The van der Waals surface area contributed by atoms with Gasteiger partial charge in [0.25, 0.3) is 0 Å². The van der Waals surface area contributed by atoms with Crippen LogP contribution in [-0.4, -0.2) is 52.1 Å². The van der Waals surface area contributed by atoms with Crippen molar-refractivity contribution >= 4 is 62.7 Å². The Kier molecular flexibility index (Phi) is 10.7. The zero-order valence-corrected chi connectivity index (χ0v) is 24.0. The van der Waals surface area contributed by atoms with E-state index in [4.69, 9.17) is 10.5 Å². The third kappa shape index (κ3) is 8.83. The second kappa shape index (κ2) is 14.0. The number of ketones is 1. The van der Waals surface area contributed by atoms with Crippen molar-refractivity contribution in [2.45, 2.75) is 64.9 Å². The van der Waals surface area contributed by atoms with Gasteiger partial charge in [-0.3, -0.25) is 24.0 Å². The molecule has 3 rings (SSSR count). The molecule has 0 saturated carbocycles. The number of halogens is 1. The van der Waals surface area contributed by atoms with E-state index < -0.39 is 23.3 Å². The number of cyclic esters (lactones) is 1. The van der Waals surface area contributed by atoms with Crippen LogP contribution in [-0.2, 0) is 35.1 Å². The average Bonchev–Trinajstić information content (AvgIpc) is 3.35. The number of ether oxygens (including phenoxy) is 1. The Balaban J connectivity index is 1.47. The molecule has 1 aromatic heterocycles. The van der Waals surface area contributed by atoms with Crippen LogP contribution in [0.1, 0.15) is 58.1 Å². The van der Waals surface area contributed by atoms with Crippen LogP contribution in [0.25, 0.3) is 0 Å². The normalized spacial score (nSPS) is 14.8. The number of aromatic nitrogens is 2. The molecule has 40 heavy (non-hydrogen) atoms. The number of carbonyl (C=O) groups is 5. The predicted octanol–water partition coefficient (Wildman–Crippen LogP) is 2.93. The Morgan fingerprint density at radius 1 is 1.15 bits per heavy atom. The largest absolute Gasteiger partial charge is 0.454 e.